The molecule has 0 aliphatic rings. The van der Waals surface area contributed by atoms with Crippen molar-refractivity contribution in [2.45, 2.75) is 13.3 Å². The van der Waals surface area contributed by atoms with E-state index in [0.29, 0.717) is 28.9 Å². The Bertz CT molecular complexity index is 909. The van der Waals surface area contributed by atoms with Crippen LogP contribution in [0.1, 0.15) is 22.7 Å². The first-order valence-electron chi connectivity index (χ1n) is 8.33. The molecule has 0 saturated carbocycles. The monoisotopic (exact) mass is 410 g/mol. The summed E-state index contributed by atoms with van der Waals surface area (Å²) in [6.07, 6.45) is 0.822. The van der Waals surface area contributed by atoms with Gasteiger partial charge in [0.2, 0.25) is 0 Å². The van der Waals surface area contributed by atoms with E-state index >= 15 is 0 Å². The van der Waals surface area contributed by atoms with Gasteiger partial charge in [0.25, 0.3) is 5.91 Å². The highest BCUT2D eigenvalue weighted by molar-refractivity contribution is 7.22. The molecular formula is C18H23ClN4O3S. The number of rotatable bonds is 7. The lowest BCUT2D eigenvalue weighted by atomic mass is 10.3. The number of hydrogen-bond acceptors (Lipinski definition) is 7. The van der Waals surface area contributed by atoms with Crippen molar-refractivity contribution in [2.24, 2.45) is 0 Å². The zero-order valence-electron chi connectivity index (χ0n) is 15.8. The fraction of sp³-hybridized carbons (Fsp3) is 0.389. The maximum atomic E-state index is 13.0. The van der Waals surface area contributed by atoms with E-state index in [1.165, 1.54) is 11.3 Å². The first-order chi connectivity index (χ1) is 12.5. The molecule has 0 fully saturated rings. The largest absolute Gasteiger partial charge is 0.494 e. The quantitative estimate of drug-likeness (QED) is 0.592. The number of hydrogen-bond donors (Lipinski definition) is 0. The molecule has 0 aliphatic heterocycles. The van der Waals surface area contributed by atoms with Crippen molar-refractivity contribution in [3.8, 4) is 5.75 Å². The third kappa shape index (κ3) is 4.77. The summed E-state index contributed by atoms with van der Waals surface area (Å²) in [6, 6.07) is 7.41. The molecule has 0 atom stereocenters. The number of benzene rings is 1. The summed E-state index contributed by atoms with van der Waals surface area (Å²) in [6.45, 7) is 3.18. The second kappa shape index (κ2) is 9.16. The standard InChI is InChI=1S/C18H22N4O3S.ClH/c1-12-11-13(20-25-12)17(23)22(10-6-9-21(2)3)18-19-16-14(24-4)7-5-8-15(16)26-18;/h5,7-8,11H,6,9-10H2,1-4H3;1H. The van der Waals surface area contributed by atoms with E-state index in [4.69, 9.17) is 9.26 Å². The Labute approximate surface area is 168 Å². The van der Waals surface area contributed by atoms with E-state index in [1.54, 1.807) is 25.0 Å². The number of anilines is 1. The number of aryl methyl sites for hydroxylation is 1. The van der Waals surface area contributed by atoms with Crippen LogP contribution in [0, 0.1) is 6.92 Å². The van der Waals surface area contributed by atoms with Crippen molar-refractivity contribution in [1.29, 1.82) is 0 Å². The zero-order chi connectivity index (χ0) is 18.7. The van der Waals surface area contributed by atoms with Crippen LogP contribution in [0.25, 0.3) is 10.2 Å². The highest BCUT2D eigenvalue weighted by atomic mass is 35.5. The summed E-state index contributed by atoms with van der Waals surface area (Å²) in [5.74, 6) is 1.09. The second-order valence-corrected chi connectivity index (χ2v) is 7.25. The number of halogens is 1. The average Bonchev–Trinajstić information content (AvgIpc) is 3.23. The molecule has 3 aromatic rings. The smallest absolute Gasteiger partial charge is 0.282 e. The van der Waals surface area contributed by atoms with Crippen molar-refractivity contribution < 1.29 is 14.1 Å². The Balaban J connectivity index is 0.00000261. The summed E-state index contributed by atoms with van der Waals surface area (Å²) in [5.41, 5.74) is 1.05. The molecular weight excluding hydrogens is 388 g/mol. The van der Waals surface area contributed by atoms with Crippen molar-refractivity contribution in [3.05, 3.63) is 35.7 Å². The molecule has 3 rings (SSSR count). The van der Waals surface area contributed by atoms with E-state index in [0.717, 1.165) is 23.2 Å². The lowest BCUT2D eigenvalue weighted by molar-refractivity contribution is 0.0977. The maximum absolute atomic E-state index is 13.0. The second-order valence-electron chi connectivity index (χ2n) is 6.24. The Morgan fingerprint density at radius 2 is 2.07 bits per heavy atom. The van der Waals surface area contributed by atoms with E-state index in [-0.39, 0.29) is 18.3 Å². The van der Waals surface area contributed by atoms with Crippen LogP contribution >= 0.6 is 23.7 Å². The SMILES string of the molecule is COc1cccc2sc(N(CCCN(C)C)C(=O)c3cc(C)on3)nc12.Cl. The van der Waals surface area contributed by atoms with Crippen LogP contribution in [0.4, 0.5) is 5.13 Å². The predicted octanol–water partition coefficient (Wildman–Crippen LogP) is 3.62. The topological polar surface area (TPSA) is 71.7 Å². The molecule has 27 heavy (non-hydrogen) atoms. The van der Waals surface area contributed by atoms with E-state index in [2.05, 4.69) is 15.0 Å². The molecule has 0 unspecified atom stereocenters. The Morgan fingerprint density at radius 3 is 2.70 bits per heavy atom. The summed E-state index contributed by atoms with van der Waals surface area (Å²) in [4.78, 5) is 21.4. The molecule has 7 nitrogen and oxygen atoms in total. The van der Waals surface area contributed by atoms with Gasteiger partial charge in [-0.25, -0.2) is 4.98 Å². The molecule has 2 aromatic heterocycles. The molecule has 1 amide bonds. The number of fused-ring (bicyclic) bond motifs is 1. The van der Waals surface area contributed by atoms with Crippen LogP contribution in [0.2, 0.25) is 0 Å². The van der Waals surface area contributed by atoms with Crippen LogP contribution in [0.3, 0.4) is 0 Å². The molecule has 0 N–H and O–H groups in total. The summed E-state index contributed by atoms with van der Waals surface area (Å²) < 4.78 is 11.4. The number of nitrogens with zero attached hydrogens (tertiary/aromatic N) is 4. The Morgan fingerprint density at radius 1 is 1.30 bits per heavy atom. The van der Waals surface area contributed by atoms with E-state index in [1.807, 2.05) is 32.3 Å². The molecule has 0 aliphatic carbocycles. The molecule has 0 radical (unpaired) electrons. The highest BCUT2D eigenvalue weighted by Crippen LogP contribution is 2.34. The number of carbonyl (C=O) groups excluding carboxylic acids is 1. The molecule has 2 heterocycles. The highest BCUT2D eigenvalue weighted by Gasteiger charge is 2.24. The number of amides is 1. The first-order valence-corrected chi connectivity index (χ1v) is 9.14. The van der Waals surface area contributed by atoms with Crippen molar-refractivity contribution in [2.75, 3.05) is 39.2 Å². The minimum Gasteiger partial charge on any atom is -0.494 e. The first kappa shape index (κ1) is 21.1. The van der Waals surface area contributed by atoms with Crippen LogP contribution in [-0.4, -0.2) is 55.2 Å². The van der Waals surface area contributed by atoms with Gasteiger partial charge in [-0.15, -0.1) is 12.4 Å². The number of para-hydroxylation sites is 1. The van der Waals surface area contributed by atoms with Crippen LogP contribution in [0.15, 0.2) is 28.8 Å². The van der Waals surface area contributed by atoms with Gasteiger partial charge in [-0.1, -0.05) is 22.6 Å². The molecule has 146 valence electrons. The maximum Gasteiger partial charge on any atom is 0.282 e. The number of aromatic nitrogens is 2. The van der Waals surface area contributed by atoms with Gasteiger partial charge in [0, 0.05) is 12.6 Å². The summed E-state index contributed by atoms with van der Waals surface area (Å²) >= 11 is 1.47. The van der Waals surface area contributed by atoms with Crippen LogP contribution in [-0.2, 0) is 0 Å². The van der Waals surface area contributed by atoms with Gasteiger partial charge >= 0.3 is 0 Å². The van der Waals surface area contributed by atoms with Crippen molar-refractivity contribution in [1.82, 2.24) is 15.0 Å². The van der Waals surface area contributed by atoms with Gasteiger partial charge in [0.1, 0.15) is 17.0 Å². The summed E-state index contributed by atoms with van der Waals surface area (Å²) in [5, 5.41) is 4.50. The van der Waals surface area contributed by atoms with Gasteiger partial charge in [-0.2, -0.15) is 0 Å². The van der Waals surface area contributed by atoms with Crippen molar-refractivity contribution in [3.63, 3.8) is 0 Å². The van der Waals surface area contributed by atoms with Gasteiger partial charge in [-0.3, -0.25) is 9.69 Å². The molecule has 0 spiro atoms. The molecule has 0 saturated heterocycles. The minimum absolute atomic E-state index is 0. The summed E-state index contributed by atoms with van der Waals surface area (Å²) in [7, 11) is 5.64. The third-order valence-electron chi connectivity index (χ3n) is 3.90. The van der Waals surface area contributed by atoms with Gasteiger partial charge in [-0.05, 0) is 46.1 Å². The van der Waals surface area contributed by atoms with Crippen LogP contribution in [0.5, 0.6) is 5.75 Å². The van der Waals surface area contributed by atoms with E-state index < -0.39 is 0 Å². The molecule has 1 aromatic carbocycles. The van der Waals surface area contributed by atoms with Gasteiger partial charge in [0.15, 0.2) is 10.8 Å². The Kier molecular flexibility index (Phi) is 7.18. The van der Waals surface area contributed by atoms with E-state index in [9.17, 15) is 4.79 Å². The fourth-order valence-electron chi connectivity index (χ4n) is 2.63. The number of ether oxygens (including phenoxy) is 1. The normalized spacial score (nSPS) is 10.9. The number of methoxy groups -OCH3 is 1. The van der Waals surface area contributed by atoms with Gasteiger partial charge < -0.3 is 14.2 Å². The Hall–Kier alpha value is -2.16. The van der Waals surface area contributed by atoms with Crippen molar-refractivity contribution >= 4 is 45.0 Å². The fourth-order valence-corrected chi connectivity index (χ4v) is 3.63. The van der Waals surface area contributed by atoms with Gasteiger partial charge in [0.05, 0.1) is 11.8 Å². The molecule has 9 heteroatoms. The lowest BCUT2D eigenvalue weighted by Gasteiger charge is -2.19. The lowest BCUT2D eigenvalue weighted by Crippen LogP contribution is -2.33. The third-order valence-corrected chi connectivity index (χ3v) is 4.94. The van der Waals surface area contributed by atoms with Crippen LogP contribution < -0.4 is 9.64 Å². The zero-order valence-corrected chi connectivity index (χ0v) is 17.4. The number of thiazole rings is 1. The average molecular weight is 411 g/mol. The number of carbonyl (C=O) groups is 1. The predicted molar refractivity (Wildman–Crippen MR) is 110 cm³/mol. The minimum atomic E-state index is -0.210. The molecule has 0 bridgehead atoms.